The number of rotatable bonds is 2. The van der Waals surface area contributed by atoms with Gasteiger partial charge in [0, 0.05) is 0 Å². The zero-order valence-electron chi connectivity index (χ0n) is 11.4. The third kappa shape index (κ3) is 2.82. The lowest BCUT2D eigenvalue weighted by Crippen LogP contribution is -2.36. The van der Waals surface area contributed by atoms with E-state index in [1.165, 1.54) is 23.0 Å². The highest BCUT2D eigenvalue weighted by Gasteiger charge is 2.20. The number of hydrogen-bond donors (Lipinski definition) is 0. The summed E-state index contributed by atoms with van der Waals surface area (Å²) >= 11 is 5.99. The van der Waals surface area contributed by atoms with E-state index in [0.717, 1.165) is 0 Å². The van der Waals surface area contributed by atoms with Gasteiger partial charge in [-0.3, -0.25) is 4.79 Å². The molecule has 0 radical (unpaired) electrons. The summed E-state index contributed by atoms with van der Waals surface area (Å²) in [5, 5.41) is 3.88. The smallest absolute Gasteiger partial charge is 0.289 e. The van der Waals surface area contributed by atoms with Gasteiger partial charge in [0.2, 0.25) is 0 Å². The third-order valence-electron chi connectivity index (χ3n) is 2.58. The number of ether oxygens (including phenoxy) is 1. The first-order valence-corrected chi connectivity index (χ1v) is 6.39. The first kappa shape index (κ1) is 14.5. The zero-order valence-corrected chi connectivity index (χ0v) is 12.1. The van der Waals surface area contributed by atoms with E-state index in [2.05, 4.69) is 5.10 Å². The number of benzene rings is 1. The summed E-state index contributed by atoms with van der Waals surface area (Å²) in [6.07, 6.45) is 1.31. The van der Waals surface area contributed by atoms with Gasteiger partial charge in [0.05, 0.1) is 11.7 Å². The van der Waals surface area contributed by atoms with Crippen molar-refractivity contribution in [2.45, 2.75) is 26.3 Å². The Morgan fingerprint density at radius 3 is 2.50 bits per heavy atom. The molecule has 0 N–H and O–H groups in total. The standard InChI is InChI=1S/C14H14ClFN2O2/c1-14(2,3)18-13(19)12(15)11(8-17-18)20-10-7-5-4-6-9(10)16/h4-8H,1-3H3. The molecule has 0 amide bonds. The summed E-state index contributed by atoms with van der Waals surface area (Å²) in [5.74, 6) is -0.519. The molecule has 0 fully saturated rings. The van der Waals surface area contributed by atoms with Gasteiger partial charge < -0.3 is 4.74 Å². The van der Waals surface area contributed by atoms with Crippen LogP contribution in [0.15, 0.2) is 35.3 Å². The molecule has 4 nitrogen and oxygen atoms in total. The van der Waals surface area contributed by atoms with E-state index in [4.69, 9.17) is 16.3 Å². The Kier molecular flexibility index (Phi) is 3.81. The van der Waals surface area contributed by atoms with Crippen molar-refractivity contribution in [3.8, 4) is 11.5 Å². The molecule has 2 rings (SSSR count). The van der Waals surface area contributed by atoms with Gasteiger partial charge in [-0.25, -0.2) is 9.07 Å². The number of nitrogens with zero attached hydrogens (tertiary/aromatic N) is 2. The molecule has 0 aliphatic carbocycles. The molecule has 0 unspecified atom stereocenters. The second-order valence-corrected chi connectivity index (χ2v) is 5.62. The average Bonchev–Trinajstić information content (AvgIpc) is 2.36. The monoisotopic (exact) mass is 296 g/mol. The lowest BCUT2D eigenvalue weighted by atomic mass is 10.1. The quantitative estimate of drug-likeness (QED) is 0.851. The maximum absolute atomic E-state index is 13.5. The maximum Gasteiger partial charge on any atom is 0.289 e. The minimum Gasteiger partial charge on any atom is -0.451 e. The summed E-state index contributed by atoms with van der Waals surface area (Å²) in [7, 11) is 0. The first-order chi connectivity index (χ1) is 9.30. The fourth-order valence-electron chi connectivity index (χ4n) is 1.61. The van der Waals surface area contributed by atoms with Gasteiger partial charge in [0.15, 0.2) is 22.3 Å². The molecule has 1 aromatic heterocycles. The van der Waals surface area contributed by atoms with Crippen LogP contribution in [-0.4, -0.2) is 9.78 Å². The fourth-order valence-corrected chi connectivity index (χ4v) is 1.78. The minimum atomic E-state index is -0.538. The van der Waals surface area contributed by atoms with E-state index in [1.54, 1.807) is 12.1 Å². The molecule has 0 saturated carbocycles. The Morgan fingerprint density at radius 2 is 1.90 bits per heavy atom. The number of halogens is 2. The summed E-state index contributed by atoms with van der Waals surface area (Å²) in [6.45, 7) is 5.49. The molecule has 106 valence electrons. The minimum absolute atomic E-state index is 0.0101. The molecule has 0 aliphatic rings. The van der Waals surface area contributed by atoms with E-state index in [9.17, 15) is 9.18 Å². The van der Waals surface area contributed by atoms with Crippen molar-refractivity contribution in [3.63, 3.8) is 0 Å². The Hall–Kier alpha value is -1.88. The van der Waals surface area contributed by atoms with E-state index in [-0.39, 0.29) is 16.5 Å². The van der Waals surface area contributed by atoms with Crippen LogP contribution < -0.4 is 10.3 Å². The predicted molar refractivity (Wildman–Crippen MR) is 75.0 cm³/mol. The topological polar surface area (TPSA) is 44.1 Å². The van der Waals surface area contributed by atoms with Crippen LogP contribution in [0.25, 0.3) is 0 Å². The summed E-state index contributed by atoms with van der Waals surface area (Å²) < 4.78 is 20.1. The summed E-state index contributed by atoms with van der Waals surface area (Å²) in [6, 6.07) is 5.86. The first-order valence-electron chi connectivity index (χ1n) is 6.01. The van der Waals surface area contributed by atoms with Gasteiger partial charge in [-0.15, -0.1) is 0 Å². The highest BCUT2D eigenvalue weighted by atomic mass is 35.5. The number of para-hydroxylation sites is 1. The molecule has 0 spiro atoms. The molecule has 1 heterocycles. The van der Waals surface area contributed by atoms with Gasteiger partial charge in [-0.2, -0.15) is 5.10 Å². The van der Waals surface area contributed by atoms with Gasteiger partial charge >= 0.3 is 0 Å². The summed E-state index contributed by atoms with van der Waals surface area (Å²) in [5.41, 5.74) is -0.981. The Bertz CT molecular complexity index is 692. The van der Waals surface area contributed by atoms with Crippen molar-refractivity contribution < 1.29 is 9.13 Å². The maximum atomic E-state index is 13.5. The molecule has 6 heteroatoms. The van der Waals surface area contributed by atoms with E-state index >= 15 is 0 Å². The van der Waals surface area contributed by atoms with Crippen LogP contribution in [0.2, 0.25) is 5.02 Å². The molecule has 20 heavy (non-hydrogen) atoms. The van der Waals surface area contributed by atoms with Crippen LogP contribution in [0.1, 0.15) is 20.8 Å². The zero-order chi connectivity index (χ0) is 14.9. The van der Waals surface area contributed by atoms with E-state index in [0.29, 0.717) is 0 Å². The molecule has 0 bridgehead atoms. The van der Waals surface area contributed by atoms with Crippen LogP contribution in [0.5, 0.6) is 11.5 Å². The van der Waals surface area contributed by atoms with Crippen LogP contribution in [0, 0.1) is 5.82 Å². The second kappa shape index (κ2) is 5.25. The average molecular weight is 297 g/mol. The van der Waals surface area contributed by atoms with Crippen LogP contribution in [0.4, 0.5) is 4.39 Å². The number of aromatic nitrogens is 2. The molecular weight excluding hydrogens is 283 g/mol. The third-order valence-corrected chi connectivity index (χ3v) is 2.93. The van der Waals surface area contributed by atoms with Crippen LogP contribution in [0.3, 0.4) is 0 Å². The van der Waals surface area contributed by atoms with Gasteiger partial charge in [0.1, 0.15) is 0 Å². The van der Waals surface area contributed by atoms with Crippen molar-refractivity contribution in [2.24, 2.45) is 0 Å². The van der Waals surface area contributed by atoms with Gasteiger partial charge in [-0.1, -0.05) is 23.7 Å². The lowest BCUT2D eigenvalue weighted by molar-refractivity contribution is 0.332. The van der Waals surface area contributed by atoms with Crippen molar-refractivity contribution in [1.82, 2.24) is 9.78 Å². The van der Waals surface area contributed by atoms with Crippen molar-refractivity contribution >= 4 is 11.6 Å². The van der Waals surface area contributed by atoms with Crippen molar-refractivity contribution in [2.75, 3.05) is 0 Å². The molecule has 0 aliphatic heterocycles. The normalized spacial score (nSPS) is 11.4. The predicted octanol–water partition coefficient (Wildman–Crippen LogP) is 3.58. The molecule has 1 aromatic carbocycles. The highest BCUT2D eigenvalue weighted by molar-refractivity contribution is 6.31. The molecule has 2 aromatic rings. The van der Waals surface area contributed by atoms with Crippen LogP contribution in [-0.2, 0) is 5.54 Å². The van der Waals surface area contributed by atoms with Crippen molar-refractivity contribution in [1.29, 1.82) is 0 Å². The van der Waals surface area contributed by atoms with E-state index < -0.39 is 16.9 Å². The Morgan fingerprint density at radius 1 is 1.25 bits per heavy atom. The van der Waals surface area contributed by atoms with E-state index in [1.807, 2.05) is 20.8 Å². The lowest BCUT2D eigenvalue weighted by Gasteiger charge is -2.21. The number of hydrogen-bond acceptors (Lipinski definition) is 3. The largest absolute Gasteiger partial charge is 0.451 e. The highest BCUT2D eigenvalue weighted by Crippen LogP contribution is 2.28. The van der Waals surface area contributed by atoms with Gasteiger partial charge in [0.25, 0.3) is 5.56 Å². The fraction of sp³-hybridized carbons (Fsp3) is 0.286. The Labute approximate surface area is 120 Å². The second-order valence-electron chi connectivity index (χ2n) is 5.24. The molecular formula is C14H14ClFN2O2. The Balaban J connectivity index is 2.44. The summed E-state index contributed by atoms with van der Waals surface area (Å²) in [4.78, 5) is 12.1. The van der Waals surface area contributed by atoms with Crippen LogP contribution >= 0.6 is 11.6 Å². The SMILES string of the molecule is CC(C)(C)n1ncc(Oc2ccccc2F)c(Cl)c1=O. The van der Waals surface area contributed by atoms with Gasteiger partial charge in [-0.05, 0) is 32.9 Å². The van der Waals surface area contributed by atoms with Crippen molar-refractivity contribution in [3.05, 3.63) is 51.7 Å². The molecule has 0 atom stereocenters. The molecule has 0 saturated heterocycles.